The van der Waals surface area contributed by atoms with Crippen molar-refractivity contribution in [3.05, 3.63) is 71.3 Å². The van der Waals surface area contributed by atoms with Crippen LogP contribution in [-0.2, 0) is 0 Å². The lowest BCUT2D eigenvalue weighted by atomic mass is 9.87. The van der Waals surface area contributed by atoms with Crippen molar-refractivity contribution < 1.29 is 13.6 Å². The van der Waals surface area contributed by atoms with Crippen LogP contribution < -0.4 is 5.32 Å². The van der Waals surface area contributed by atoms with Crippen molar-refractivity contribution in [3.63, 3.8) is 0 Å². The van der Waals surface area contributed by atoms with E-state index in [9.17, 15) is 13.6 Å². The van der Waals surface area contributed by atoms with Gasteiger partial charge in [-0.25, -0.2) is 13.6 Å². The number of hydrogen-bond donors (Lipinski definition) is 1. The largest absolute Gasteiger partial charge is 0.341 e. The molecule has 0 saturated carbocycles. The van der Waals surface area contributed by atoms with Crippen LogP contribution in [0.2, 0.25) is 0 Å². The number of rotatable bonds is 6. The summed E-state index contributed by atoms with van der Waals surface area (Å²) >= 11 is 0. The number of nitrogens with one attached hydrogen (secondary N) is 1. The standard InChI is InChI=1S/C24H31F2N3O/c1-17-16-29(24(30)27-3)18(2)15-28(17)14-4-5-23(19-6-10-21(25)11-7-19)20-8-12-22(26)13-9-20/h6-13,17-18,23H,4-5,14-16H2,1-3H3,(H,27,30). The number of halogens is 2. The molecular weight excluding hydrogens is 384 g/mol. The fourth-order valence-electron chi connectivity index (χ4n) is 4.35. The van der Waals surface area contributed by atoms with E-state index in [1.807, 2.05) is 29.2 Å². The van der Waals surface area contributed by atoms with Gasteiger partial charge in [-0.05, 0) is 68.6 Å². The highest BCUT2D eigenvalue weighted by molar-refractivity contribution is 5.74. The Morgan fingerprint density at radius 1 is 0.967 bits per heavy atom. The number of benzene rings is 2. The van der Waals surface area contributed by atoms with Crippen molar-refractivity contribution in [2.75, 3.05) is 26.7 Å². The maximum absolute atomic E-state index is 13.4. The van der Waals surface area contributed by atoms with Gasteiger partial charge in [-0.1, -0.05) is 24.3 Å². The monoisotopic (exact) mass is 415 g/mol. The topological polar surface area (TPSA) is 35.6 Å². The molecule has 1 fully saturated rings. The van der Waals surface area contributed by atoms with Crippen LogP contribution in [0.1, 0.15) is 43.7 Å². The van der Waals surface area contributed by atoms with E-state index in [2.05, 4.69) is 24.1 Å². The lowest BCUT2D eigenvalue weighted by Crippen LogP contribution is -2.59. The molecule has 2 amide bonds. The summed E-state index contributed by atoms with van der Waals surface area (Å²) in [5.74, 6) is -0.423. The van der Waals surface area contributed by atoms with Gasteiger partial charge in [0.15, 0.2) is 0 Å². The van der Waals surface area contributed by atoms with Gasteiger partial charge in [0.2, 0.25) is 0 Å². The zero-order chi connectivity index (χ0) is 21.7. The lowest BCUT2D eigenvalue weighted by Gasteiger charge is -2.44. The zero-order valence-electron chi connectivity index (χ0n) is 17.9. The van der Waals surface area contributed by atoms with E-state index in [1.165, 1.54) is 24.3 Å². The summed E-state index contributed by atoms with van der Waals surface area (Å²) in [6, 6.07) is 13.6. The van der Waals surface area contributed by atoms with Crippen molar-refractivity contribution in [2.45, 2.75) is 44.7 Å². The molecule has 2 aromatic carbocycles. The Labute approximate surface area is 177 Å². The van der Waals surface area contributed by atoms with Gasteiger partial charge in [-0.3, -0.25) is 4.90 Å². The van der Waals surface area contributed by atoms with Gasteiger partial charge in [-0.2, -0.15) is 0 Å². The summed E-state index contributed by atoms with van der Waals surface area (Å²) in [6.07, 6.45) is 1.84. The number of amides is 2. The number of carbonyl (C=O) groups is 1. The molecule has 0 radical (unpaired) electrons. The van der Waals surface area contributed by atoms with E-state index < -0.39 is 0 Å². The first kappa shape index (κ1) is 22.2. The summed E-state index contributed by atoms with van der Waals surface area (Å²) in [7, 11) is 1.66. The second kappa shape index (κ2) is 10.0. The molecule has 3 rings (SSSR count). The molecule has 0 bridgehead atoms. The smallest absolute Gasteiger partial charge is 0.317 e. The molecule has 2 aromatic rings. The van der Waals surface area contributed by atoms with Crippen molar-refractivity contribution in [3.8, 4) is 0 Å². The normalized spacial score (nSPS) is 19.9. The first-order chi connectivity index (χ1) is 14.4. The van der Waals surface area contributed by atoms with Crippen LogP contribution in [0.5, 0.6) is 0 Å². The minimum atomic E-state index is -0.256. The Balaban J connectivity index is 1.65. The third-order valence-corrected chi connectivity index (χ3v) is 6.07. The molecule has 1 N–H and O–H groups in total. The highest BCUT2D eigenvalue weighted by Crippen LogP contribution is 2.30. The maximum Gasteiger partial charge on any atom is 0.317 e. The second-order valence-electron chi connectivity index (χ2n) is 8.20. The van der Waals surface area contributed by atoms with E-state index in [-0.39, 0.29) is 35.7 Å². The molecule has 30 heavy (non-hydrogen) atoms. The molecule has 1 aliphatic heterocycles. The van der Waals surface area contributed by atoms with Gasteiger partial charge in [0.05, 0.1) is 0 Å². The quantitative estimate of drug-likeness (QED) is 0.748. The molecule has 1 aliphatic rings. The predicted octanol–water partition coefficient (Wildman–Crippen LogP) is 4.61. The van der Waals surface area contributed by atoms with Gasteiger partial charge in [-0.15, -0.1) is 0 Å². The number of carbonyl (C=O) groups excluding carboxylic acids is 1. The van der Waals surface area contributed by atoms with Gasteiger partial charge < -0.3 is 10.2 Å². The summed E-state index contributed by atoms with van der Waals surface area (Å²) < 4.78 is 26.8. The van der Waals surface area contributed by atoms with E-state index in [0.717, 1.165) is 37.1 Å². The van der Waals surface area contributed by atoms with E-state index >= 15 is 0 Å². The Morgan fingerprint density at radius 2 is 1.50 bits per heavy atom. The first-order valence-electron chi connectivity index (χ1n) is 10.6. The Bertz CT molecular complexity index is 780. The molecule has 0 spiro atoms. The van der Waals surface area contributed by atoms with Crippen LogP contribution in [0.4, 0.5) is 13.6 Å². The molecule has 2 unspecified atom stereocenters. The number of urea groups is 1. The average Bonchev–Trinajstić information content (AvgIpc) is 2.74. The summed E-state index contributed by atoms with van der Waals surface area (Å²) in [6.45, 7) is 6.70. The molecule has 1 saturated heterocycles. The highest BCUT2D eigenvalue weighted by Gasteiger charge is 2.31. The molecule has 1 heterocycles. The molecule has 0 aliphatic carbocycles. The van der Waals surface area contributed by atoms with Crippen LogP contribution in [-0.4, -0.2) is 54.6 Å². The van der Waals surface area contributed by atoms with Crippen molar-refractivity contribution in [2.24, 2.45) is 0 Å². The van der Waals surface area contributed by atoms with Gasteiger partial charge >= 0.3 is 6.03 Å². The van der Waals surface area contributed by atoms with Gasteiger partial charge in [0.25, 0.3) is 0 Å². The molecule has 6 heteroatoms. The SMILES string of the molecule is CNC(=O)N1CC(C)N(CCCC(c2ccc(F)cc2)c2ccc(F)cc2)CC1C. The first-order valence-corrected chi connectivity index (χ1v) is 10.6. The van der Waals surface area contributed by atoms with Crippen molar-refractivity contribution in [1.29, 1.82) is 0 Å². The van der Waals surface area contributed by atoms with Gasteiger partial charge in [0, 0.05) is 38.1 Å². The molecule has 2 atom stereocenters. The molecule has 162 valence electrons. The molecule has 4 nitrogen and oxygen atoms in total. The fourth-order valence-corrected chi connectivity index (χ4v) is 4.35. The summed E-state index contributed by atoms with van der Waals surface area (Å²) in [5.41, 5.74) is 2.07. The number of piperazine rings is 1. The Morgan fingerprint density at radius 3 is 2.00 bits per heavy atom. The van der Waals surface area contributed by atoms with Crippen molar-refractivity contribution in [1.82, 2.24) is 15.1 Å². The second-order valence-corrected chi connectivity index (χ2v) is 8.20. The molecule has 0 aromatic heterocycles. The zero-order valence-corrected chi connectivity index (χ0v) is 17.9. The van der Waals surface area contributed by atoms with Crippen LogP contribution in [0.3, 0.4) is 0 Å². The lowest BCUT2D eigenvalue weighted by molar-refractivity contribution is 0.0627. The summed E-state index contributed by atoms with van der Waals surface area (Å²) in [5, 5.41) is 2.72. The average molecular weight is 416 g/mol. The summed E-state index contributed by atoms with van der Waals surface area (Å²) in [4.78, 5) is 16.4. The number of hydrogen-bond acceptors (Lipinski definition) is 2. The van der Waals surface area contributed by atoms with E-state index in [1.54, 1.807) is 7.05 Å². The van der Waals surface area contributed by atoms with Crippen LogP contribution in [0.25, 0.3) is 0 Å². The Hall–Kier alpha value is -2.47. The van der Waals surface area contributed by atoms with Crippen LogP contribution >= 0.6 is 0 Å². The minimum Gasteiger partial charge on any atom is -0.341 e. The fraction of sp³-hybridized carbons (Fsp3) is 0.458. The highest BCUT2D eigenvalue weighted by atomic mass is 19.1. The minimum absolute atomic E-state index is 0.0262. The predicted molar refractivity (Wildman–Crippen MR) is 116 cm³/mol. The Kier molecular flexibility index (Phi) is 7.43. The number of nitrogens with zero attached hydrogens (tertiary/aromatic N) is 2. The van der Waals surface area contributed by atoms with Crippen LogP contribution in [0, 0.1) is 11.6 Å². The maximum atomic E-state index is 13.4. The van der Waals surface area contributed by atoms with E-state index in [0.29, 0.717) is 6.54 Å². The molecular formula is C24H31F2N3O. The van der Waals surface area contributed by atoms with Gasteiger partial charge in [0.1, 0.15) is 11.6 Å². The third-order valence-electron chi connectivity index (χ3n) is 6.07. The third kappa shape index (κ3) is 5.36. The van der Waals surface area contributed by atoms with Crippen molar-refractivity contribution >= 4 is 6.03 Å². The van der Waals surface area contributed by atoms with E-state index in [4.69, 9.17) is 0 Å². The van der Waals surface area contributed by atoms with Crippen LogP contribution in [0.15, 0.2) is 48.5 Å².